The number of halogens is 2. The lowest BCUT2D eigenvalue weighted by Crippen LogP contribution is -2.41. The summed E-state index contributed by atoms with van der Waals surface area (Å²) in [5.74, 6) is 1.09. The van der Waals surface area contributed by atoms with E-state index >= 15 is 0 Å². The lowest BCUT2D eigenvalue weighted by molar-refractivity contribution is -0.127. The minimum absolute atomic E-state index is 0. The second kappa shape index (κ2) is 12.3. The third-order valence-electron chi connectivity index (χ3n) is 3.95. The summed E-state index contributed by atoms with van der Waals surface area (Å²) >= 11 is 5.79. The Balaban J connectivity index is 0.00000338. The fourth-order valence-electron chi connectivity index (χ4n) is 2.33. The van der Waals surface area contributed by atoms with Gasteiger partial charge in [0.15, 0.2) is 5.96 Å². The van der Waals surface area contributed by atoms with Crippen LogP contribution < -0.4 is 10.6 Å². The van der Waals surface area contributed by atoms with E-state index in [0.29, 0.717) is 23.6 Å². The lowest BCUT2D eigenvalue weighted by Gasteiger charge is -2.15. The summed E-state index contributed by atoms with van der Waals surface area (Å²) in [6, 6.07) is 3.73. The van der Waals surface area contributed by atoms with Gasteiger partial charge in [0.05, 0.1) is 6.61 Å². The van der Waals surface area contributed by atoms with Crippen LogP contribution in [0.5, 0.6) is 0 Å². The molecule has 1 fully saturated rings. The molecule has 0 aliphatic carbocycles. The molecule has 1 amide bonds. The Morgan fingerprint density at radius 2 is 2.23 bits per heavy atom. The highest BCUT2D eigenvalue weighted by Gasteiger charge is 2.16. The minimum Gasteiger partial charge on any atom is -0.381 e. The monoisotopic (exact) mass is 495 g/mol. The van der Waals surface area contributed by atoms with Crippen LogP contribution >= 0.6 is 35.6 Å². The van der Waals surface area contributed by atoms with Crippen LogP contribution in [0, 0.1) is 5.92 Å². The molecule has 2 N–H and O–H groups in total. The Morgan fingerprint density at radius 1 is 1.42 bits per heavy atom. The number of carbonyl (C=O) groups is 1. The van der Waals surface area contributed by atoms with E-state index in [1.165, 1.54) is 4.90 Å². The van der Waals surface area contributed by atoms with Crippen molar-refractivity contribution < 1.29 is 9.53 Å². The van der Waals surface area contributed by atoms with Crippen LogP contribution in [-0.4, -0.2) is 68.7 Å². The Morgan fingerprint density at radius 3 is 2.85 bits per heavy atom. The molecule has 2 heterocycles. The van der Waals surface area contributed by atoms with Gasteiger partial charge in [-0.05, 0) is 24.5 Å². The van der Waals surface area contributed by atoms with Crippen molar-refractivity contribution in [3.05, 3.63) is 29.0 Å². The Hall–Kier alpha value is -1.13. The number of nitrogens with zero attached hydrogens (tertiary/aromatic N) is 3. The van der Waals surface area contributed by atoms with Crippen molar-refractivity contribution in [3.8, 4) is 0 Å². The molecule has 26 heavy (non-hydrogen) atoms. The number of aromatic nitrogens is 1. The number of nitrogens with one attached hydrogen (secondary N) is 2. The zero-order valence-corrected chi connectivity index (χ0v) is 18.3. The van der Waals surface area contributed by atoms with Gasteiger partial charge in [0.2, 0.25) is 5.91 Å². The standard InChI is InChI=1S/C17H26ClN5O2.HI/c1-23(2)16(24)11-22-17(21-10-14-6-8-25-12-14)19-7-5-13-3-4-15(18)20-9-13;/h3-4,9,14H,5-8,10-12H2,1-2H3,(H2,19,21,22);1H. The van der Waals surface area contributed by atoms with Gasteiger partial charge in [0.1, 0.15) is 11.7 Å². The number of pyridine rings is 1. The molecule has 0 radical (unpaired) electrons. The Kier molecular flexibility index (Phi) is 10.8. The SMILES string of the molecule is CN(C)C(=O)CN=C(NCCc1ccc(Cl)nc1)NCC1CCOC1.I. The molecule has 9 heteroatoms. The fourth-order valence-corrected chi connectivity index (χ4v) is 2.44. The highest BCUT2D eigenvalue weighted by molar-refractivity contribution is 14.0. The van der Waals surface area contributed by atoms with Gasteiger partial charge in [-0.25, -0.2) is 9.98 Å². The molecule has 2 rings (SSSR count). The van der Waals surface area contributed by atoms with Crippen LogP contribution in [0.1, 0.15) is 12.0 Å². The molecule has 0 bridgehead atoms. The second-order valence-electron chi connectivity index (χ2n) is 6.23. The van der Waals surface area contributed by atoms with Crippen molar-refractivity contribution in [2.24, 2.45) is 10.9 Å². The maximum Gasteiger partial charge on any atom is 0.243 e. The molecule has 1 aliphatic heterocycles. The van der Waals surface area contributed by atoms with Crippen LogP contribution in [0.15, 0.2) is 23.3 Å². The van der Waals surface area contributed by atoms with E-state index in [2.05, 4.69) is 20.6 Å². The first kappa shape index (κ1) is 22.9. The molecule has 1 unspecified atom stereocenters. The van der Waals surface area contributed by atoms with Crippen molar-refractivity contribution in [3.63, 3.8) is 0 Å². The van der Waals surface area contributed by atoms with Crippen molar-refractivity contribution in [2.75, 3.05) is 46.9 Å². The molecule has 146 valence electrons. The number of carbonyl (C=O) groups excluding carboxylic acids is 1. The van der Waals surface area contributed by atoms with E-state index in [9.17, 15) is 4.79 Å². The average Bonchev–Trinajstić information content (AvgIpc) is 3.11. The first-order valence-corrected chi connectivity index (χ1v) is 8.83. The van der Waals surface area contributed by atoms with Gasteiger partial charge in [-0.2, -0.15) is 0 Å². The van der Waals surface area contributed by atoms with Gasteiger partial charge in [0.25, 0.3) is 0 Å². The molecule has 1 aromatic rings. The summed E-state index contributed by atoms with van der Waals surface area (Å²) in [6.07, 6.45) is 3.60. The first-order chi connectivity index (χ1) is 12.0. The van der Waals surface area contributed by atoms with Crippen LogP contribution in [0.2, 0.25) is 5.15 Å². The average molecular weight is 496 g/mol. The van der Waals surface area contributed by atoms with Crippen molar-refractivity contribution in [1.82, 2.24) is 20.5 Å². The third kappa shape index (κ3) is 8.50. The fraction of sp³-hybridized carbons (Fsp3) is 0.588. The summed E-state index contributed by atoms with van der Waals surface area (Å²) in [4.78, 5) is 21.7. The van der Waals surface area contributed by atoms with E-state index in [1.54, 1.807) is 26.4 Å². The number of ether oxygens (including phenoxy) is 1. The molecule has 7 nitrogen and oxygen atoms in total. The van der Waals surface area contributed by atoms with Gasteiger partial charge < -0.3 is 20.3 Å². The predicted molar refractivity (Wildman–Crippen MR) is 114 cm³/mol. The Bertz CT molecular complexity index is 577. The molecule has 1 atom stereocenters. The smallest absolute Gasteiger partial charge is 0.243 e. The topological polar surface area (TPSA) is 78.9 Å². The van der Waals surface area contributed by atoms with Gasteiger partial charge in [0, 0.05) is 45.9 Å². The van der Waals surface area contributed by atoms with Gasteiger partial charge >= 0.3 is 0 Å². The van der Waals surface area contributed by atoms with E-state index < -0.39 is 0 Å². The molecular weight excluding hydrogens is 469 g/mol. The number of rotatable bonds is 7. The summed E-state index contributed by atoms with van der Waals surface area (Å²) in [5.41, 5.74) is 1.09. The largest absolute Gasteiger partial charge is 0.381 e. The summed E-state index contributed by atoms with van der Waals surface area (Å²) < 4.78 is 5.39. The number of likely N-dealkylation sites (N-methyl/N-ethyl adjacent to an activating group) is 1. The highest BCUT2D eigenvalue weighted by Crippen LogP contribution is 2.10. The maximum atomic E-state index is 11.8. The maximum absolute atomic E-state index is 11.8. The zero-order chi connectivity index (χ0) is 18.1. The van der Waals surface area contributed by atoms with Gasteiger partial charge in [-0.3, -0.25) is 4.79 Å². The highest BCUT2D eigenvalue weighted by atomic mass is 127. The number of hydrogen-bond donors (Lipinski definition) is 2. The third-order valence-corrected chi connectivity index (χ3v) is 4.17. The Labute approximate surface area is 177 Å². The van der Waals surface area contributed by atoms with Crippen molar-refractivity contribution in [2.45, 2.75) is 12.8 Å². The quantitative estimate of drug-likeness (QED) is 0.260. The normalized spacial score (nSPS) is 16.7. The van der Waals surface area contributed by atoms with E-state index in [1.807, 2.05) is 6.07 Å². The number of amides is 1. The number of hydrogen-bond acceptors (Lipinski definition) is 4. The molecule has 1 aromatic heterocycles. The predicted octanol–water partition coefficient (Wildman–Crippen LogP) is 1.56. The summed E-state index contributed by atoms with van der Waals surface area (Å²) in [5, 5.41) is 7.06. The second-order valence-corrected chi connectivity index (χ2v) is 6.62. The van der Waals surface area contributed by atoms with Gasteiger partial charge in [-0.1, -0.05) is 17.7 Å². The molecule has 0 spiro atoms. The molecule has 0 aromatic carbocycles. The zero-order valence-electron chi connectivity index (χ0n) is 15.2. The molecule has 1 saturated heterocycles. The summed E-state index contributed by atoms with van der Waals surface area (Å²) in [7, 11) is 3.45. The van der Waals surface area contributed by atoms with Crippen LogP contribution in [-0.2, 0) is 16.0 Å². The van der Waals surface area contributed by atoms with Crippen LogP contribution in [0.3, 0.4) is 0 Å². The molecular formula is C17H27ClIN5O2. The number of aliphatic imine (C=N–C) groups is 1. The van der Waals surface area contributed by atoms with Crippen LogP contribution in [0.4, 0.5) is 0 Å². The first-order valence-electron chi connectivity index (χ1n) is 8.45. The van der Waals surface area contributed by atoms with E-state index in [4.69, 9.17) is 16.3 Å². The molecule has 0 saturated carbocycles. The molecule has 1 aliphatic rings. The van der Waals surface area contributed by atoms with Crippen molar-refractivity contribution >= 4 is 47.4 Å². The lowest BCUT2D eigenvalue weighted by atomic mass is 10.1. The minimum atomic E-state index is -0.0350. The van der Waals surface area contributed by atoms with Gasteiger partial charge in [-0.15, -0.1) is 24.0 Å². The van der Waals surface area contributed by atoms with E-state index in [-0.39, 0.29) is 36.4 Å². The number of guanidine groups is 1. The van der Waals surface area contributed by atoms with Crippen LogP contribution in [0.25, 0.3) is 0 Å². The van der Waals surface area contributed by atoms with E-state index in [0.717, 1.165) is 38.2 Å². The van der Waals surface area contributed by atoms with Crippen molar-refractivity contribution in [1.29, 1.82) is 0 Å². The summed E-state index contributed by atoms with van der Waals surface area (Å²) in [6.45, 7) is 3.17.